The predicted molar refractivity (Wildman–Crippen MR) is 98.8 cm³/mol. The van der Waals surface area contributed by atoms with Crippen molar-refractivity contribution < 1.29 is 0 Å². The molecule has 0 amide bonds. The molecule has 3 heteroatoms. The first kappa shape index (κ1) is 14.8. The SMILES string of the molecule is NC(=S)C1CCCc2c1nc(-c1ccccc1)c1c2CCCC1. The second-order valence-electron chi connectivity index (χ2n) is 6.70. The molecule has 0 saturated heterocycles. The van der Waals surface area contributed by atoms with Crippen LogP contribution in [-0.2, 0) is 19.3 Å². The van der Waals surface area contributed by atoms with Gasteiger partial charge in [0.2, 0.25) is 0 Å². The summed E-state index contributed by atoms with van der Waals surface area (Å²) in [6.07, 6.45) is 8.25. The van der Waals surface area contributed by atoms with Crippen molar-refractivity contribution in [3.8, 4) is 11.3 Å². The summed E-state index contributed by atoms with van der Waals surface area (Å²) in [4.78, 5) is 5.74. The highest BCUT2D eigenvalue weighted by Crippen LogP contribution is 2.40. The van der Waals surface area contributed by atoms with Crippen LogP contribution < -0.4 is 5.73 Å². The zero-order chi connectivity index (χ0) is 15.8. The van der Waals surface area contributed by atoms with Crippen molar-refractivity contribution in [2.24, 2.45) is 5.73 Å². The Morgan fingerprint density at radius 1 is 0.957 bits per heavy atom. The van der Waals surface area contributed by atoms with Gasteiger partial charge in [-0.25, -0.2) is 0 Å². The van der Waals surface area contributed by atoms with Crippen molar-refractivity contribution in [2.75, 3.05) is 0 Å². The van der Waals surface area contributed by atoms with Crippen molar-refractivity contribution in [3.05, 3.63) is 52.7 Å². The van der Waals surface area contributed by atoms with Gasteiger partial charge in [0, 0.05) is 5.56 Å². The smallest absolute Gasteiger partial charge is 0.0819 e. The highest BCUT2D eigenvalue weighted by Gasteiger charge is 2.30. The lowest BCUT2D eigenvalue weighted by molar-refractivity contribution is 0.606. The maximum atomic E-state index is 6.04. The fraction of sp³-hybridized carbons (Fsp3) is 0.400. The molecule has 2 nitrogen and oxygen atoms in total. The van der Waals surface area contributed by atoms with Gasteiger partial charge >= 0.3 is 0 Å². The second-order valence-corrected chi connectivity index (χ2v) is 7.17. The van der Waals surface area contributed by atoms with Crippen LogP contribution in [0.15, 0.2) is 30.3 Å². The van der Waals surface area contributed by atoms with E-state index in [1.54, 1.807) is 5.56 Å². The van der Waals surface area contributed by atoms with Gasteiger partial charge in [-0.2, -0.15) is 0 Å². The van der Waals surface area contributed by atoms with Crippen LogP contribution in [0.2, 0.25) is 0 Å². The molecule has 0 aliphatic heterocycles. The van der Waals surface area contributed by atoms with Crippen LogP contribution in [0, 0.1) is 0 Å². The molecule has 2 N–H and O–H groups in total. The minimum atomic E-state index is 0.156. The summed E-state index contributed by atoms with van der Waals surface area (Å²) in [5.74, 6) is 0.156. The van der Waals surface area contributed by atoms with E-state index in [4.69, 9.17) is 22.9 Å². The quantitative estimate of drug-likeness (QED) is 0.836. The monoisotopic (exact) mass is 322 g/mol. The fourth-order valence-electron chi connectivity index (χ4n) is 4.21. The molecule has 1 atom stereocenters. The third kappa shape index (κ3) is 2.57. The van der Waals surface area contributed by atoms with Gasteiger partial charge in [-0.1, -0.05) is 42.5 Å². The third-order valence-electron chi connectivity index (χ3n) is 5.30. The van der Waals surface area contributed by atoms with Crippen LogP contribution >= 0.6 is 12.2 Å². The van der Waals surface area contributed by atoms with Crippen LogP contribution in [-0.4, -0.2) is 9.97 Å². The summed E-state index contributed by atoms with van der Waals surface area (Å²) >= 11 is 5.34. The molecule has 23 heavy (non-hydrogen) atoms. The van der Waals surface area contributed by atoms with Crippen LogP contribution in [0.1, 0.15) is 54.0 Å². The topological polar surface area (TPSA) is 38.9 Å². The summed E-state index contributed by atoms with van der Waals surface area (Å²) < 4.78 is 0. The highest BCUT2D eigenvalue weighted by molar-refractivity contribution is 7.80. The molecule has 1 heterocycles. The van der Waals surface area contributed by atoms with E-state index in [0.717, 1.165) is 19.3 Å². The molecular formula is C20H22N2S. The van der Waals surface area contributed by atoms with Gasteiger partial charge < -0.3 is 5.73 Å². The molecule has 1 aromatic carbocycles. The molecule has 0 bridgehead atoms. The molecule has 0 fully saturated rings. The summed E-state index contributed by atoms with van der Waals surface area (Å²) in [7, 11) is 0. The standard InChI is InChI=1S/C20H22N2S/c21-20(23)17-12-6-11-16-14-9-4-5-10-15(14)18(22-19(16)17)13-7-2-1-3-8-13/h1-3,7-8,17H,4-6,9-12H2,(H2,21,23). The molecule has 2 aliphatic carbocycles. The summed E-state index contributed by atoms with van der Waals surface area (Å²) in [6.45, 7) is 0. The predicted octanol–water partition coefficient (Wildman–Crippen LogP) is 4.33. The van der Waals surface area contributed by atoms with Crippen molar-refractivity contribution in [2.45, 2.75) is 50.9 Å². The first-order valence-corrected chi connectivity index (χ1v) is 9.06. The summed E-state index contributed by atoms with van der Waals surface area (Å²) in [5.41, 5.74) is 14.1. The van der Waals surface area contributed by atoms with Gasteiger partial charge in [0.1, 0.15) is 0 Å². The molecule has 118 valence electrons. The number of aromatic nitrogens is 1. The highest BCUT2D eigenvalue weighted by atomic mass is 32.1. The minimum Gasteiger partial charge on any atom is -0.393 e. The van der Waals surface area contributed by atoms with Gasteiger partial charge in [-0.3, -0.25) is 4.98 Å². The maximum Gasteiger partial charge on any atom is 0.0819 e. The van der Waals surface area contributed by atoms with Crippen molar-refractivity contribution >= 4 is 17.2 Å². The number of rotatable bonds is 2. The average Bonchev–Trinajstić information content (AvgIpc) is 2.61. The molecular weight excluding hydrogens is 300 g/mol. The summed E-state index contributed by atoms with van der Waals surface area (Å²) in [6, 6.07) is 10.6. The first-order valence-electron chi connectivity index (χ1n) is 8.65. The molecule has 1 aromatic heterocycles. The van der Waals surface area contributed by atoms with Crippen LogP contribution in [0.25, 0.3) is 11.3 Å². The lowest BCUT2D eigenvalue weighted by Gasteiger charge is -2.30. The van der Waals surface area contributed by atoms with E-state index in [2.05, 4.69) is 30.3 Å². The van der Waals surface area contributed by atoms with E-state index in [1.165, 1.54) is 53.8 Å². The van der Waals surface area contributed by atoms with Crippen LogP contribution in [0.3, 0.4) is 0 Å². The molecule has 0 radical (unpaired) electrons. The van der Waals surface area contributed by atoms with Gasteiger partial charge in [-0.15, -0.1) is 0 Å². The molecule has 2 aliphatic rings. The number of fused-ring (bicyclic) bond motifs is 3. The van der Waals surface area contributed by atoms with Gasteiger partial charge in [-0.05, 0) is 61.6 Å². The lowest BCUT2D eigenvalue weighted by Crippen LogP contribution is -2.27. The average molecular weight is 322 g/mol. The van der Waals surface area contributed by atoms with Crippen molar-refractivity contribution in [3.63, 3.8) is 0 Å². The zero-order valence-corrected chi connectivity index (χ0v) is 14.2. The fourth-order valence-corrected chi connectivity index (χ4v) is 4.44. The van der Waals surface area contributed by atoms with Gasteiger partial charge in [0.05, 0.1) is 22.3 Å². The normalized spacial score (nSPS) is 19.7. The molecule has 2 aromatic rings. The van der Waals surface area contributed by atoms with E-state index in [9.17, 15) is 0 Å². The number of thiocarbonyl (C=S) groups is 1. The second kappa shape index (κ2) is 6.04. The number of nitrogens with two attached hydrogens (primary N) is 1. The van der Waals surface area contributed by atoms with Crippen molar-refractivity contribution in [1.82, 2.24) is 4.98 Å². The number of nitrogens with zero attached hydrogens (tertiary/aromatic N) is 1. The van der Waals surface area contributed by atoms with Gasteiger partial charge in [0.15, 0.2) is 0 Å². The summed E-state index contributed by atoms with van der Waals surface area (Å²) in [5, 5.41) is 0. The van der Waals surface area contributed by atoms with E-state index in [1.807, 2.05) is 0 Å². The van der Waals surface area contributed by atoms with E-state index < -0.39 is 0 Å². The first-order chi connectivity index (χ1) is 11.3. The molecule has 1 unspecified atom stereocenters. The van der Waals surface area contributed by atoms with Crippen molar-refractivity contribution in [1.29, 1.82) is 0 Å². The number of benzene rings is 1. The number of pyridine rings is 1. The Balaban J connectivity index is 1.96. The van der Waals surface area contributed by atoms with E-state index >= 15 is 0 Å². The van der Waals surface area contributed by atoms with Crippen LogP contribution in [0.5, 0.6) is 0 Å². The largest absolute Gasteiger partial charge is 0.393 e. The van der Waals surface area contributed by atoms with E-state index in [-0.39, 0.29) is 5.92 Å². The Hall–Kier alpha value is -1.74. The Morgan fingerprint density at radius 3 is 2.39 bits per heavy atom. The number of hydrogen-bond acceptors (Lipinski definition) is 2. The third-order valence-corrected chi connectivity index (χ3v) is 5.58. The Morgan fingerprint density at radius 2 is 1.65 bits per heavy atom. The van der Waals surface area contributed by atoms with E-state index in [0.29, 0.717) is 4.99 Å². The van der Waals surface area contributed by atoms with Crippen LogP contribution in [0.4, 0.5) is 0 Å². The number of hydrogen-bond donors (Lipinski definition) is 1. The lowest BCUT2D eigenvalue weighted by atomic mass is 9.78. The Bertz CT molecular complexity index is 752. The maximum absolute atomic E-state index is 6.04. The zero-order valence-electron chi connectivity index (χ0n) is 13.3. The Labute approximate surface area is 143 Å². The minimum absolute atomic E-state index is 0.156. The molecule has 0 spiro atoms. The molecule has 0 saturated carbocycles. The van der Waals surface area contributed by atoms with Gasteiger partial charge in [0.25, 0.3) is 0 Å². The molecule has 4 rings (SSSR count). The Kier molecular flexibility index (Phi) is 3.90.